The van der Waals surface area contributed by atoms with Gasteiger partial charge in [-0.25, -0.2) is 9.97 Å². The molecular formula is C14H15Cl2N3. The summed E-state index contributed by atoms with van der Waals surface area (Å²) in [7, 11) is 3.89. The summed E-state index contributed by atoms with van der Waals surface area (Å²) >= 11 is 12.5. The Balaban J connectivity index is 2.47. The third-order valence-corrected chi connectivity index (χ3v) is 3.18. The number of halogens is 2. The molecule has 1 aromatic heterocycles. The van der Waals surface area contributed by atoms with E-state index in [4.69, 9.17) is 23.2 Å². The van der Waals surface area contributed by atoms with E-state index in [0.29, 0.717) is 28.2 Å². The van der Waals surface area contributed by atoms with Gasteiger partial charge in [-0.1, -0.05) is 53.0 Å². The highest BCUT2D eigenvalue weighted by molar-refractivity contribution is 6.37. The van der Waals surface area contributed by atoms with Gasteiger partial charge in [0, 0.05) is 0 Å². The molecule has 2 rings (SSSR count). The van der Waals surface area contributed by atoms with Crippen LogP contribution in [0.1, 0.15) is 11.4 Å². The number of hydrogen-bond donors (Lipinski definition) is 0. The van der Waals surface area contributed by atoms with Crippen LogP contribution in [0.25, 0.3) is 11.1 Å². The van der Waals surface area contributed by atoms with Crippen LogP contribution < -0.4 is 0 Å². The number of nitrogens with zero attached hydrogens (tertiary/aromatic N) is 3. The van der Waals surface area contributed by atoms with E-state index in [0.717, 1.165) is 11.1 Å². The SMILES string of the molecule is Cc1cccc(-c2c(Cl)nc(CN(C)C)nc2Cl)c1. The van der Waals surface area contributed by atoms with Crippen molar-refractivity contribution < 1.29 is 0 Å². The predicted molar refractivity (Wildman–Crippen MR) is 79.6 cm³/mol. The van der Waals surface area contributed by atoms with E-state index in [2.05, 4.69) is 9.97 Å². The predicted octanol–water partition coefficient (Wildman–Crippen LogP) is 3.82. The number of benzene rings is 1. The Labute approximate surface area is 123 Å². The minimum absolute atomic E-state index is 0.391. The molecule has 0 atom stereocenters. The molecule has 3 nitrogen and oxygen atoms in total. The Kier molecular flexibility index (Phi) is 4.40. The first kappa shape index (κ1) is 14.3. The lowest BCUT2D eigenvalue weighted by atomic mass is 10.1. The van der Waals surface area contributed by atoms with Crippen molar-refractivity contribution in [3.63, 3.8) is 0 Å². The van der Waals surface area contributed by atoms with E-state index in [-0.39, 0.29) is 0 Å². The highest BCUT2D eigenvalue weighted by Crippen LogP contribution is 2.32. The van der Waals surface area contributed by atoms with Crippen LogP contribution in [-0.4, -0.2) is 29.0 Å². The second kappa shape index (κ2) is 5.87. The van der Waals surface area contributed by atoms with Crippen LogP contribution in [0.5, 0.6) is 0 Å². The zero-order chi connectivity index (χ0) is 14.0. The van der Waals surface area contributed by atoms with Crippen molar-refractivity contribution >= 4 is 23.2 Å². The Bertz CT molecular complexity index is 574. The molecule has 0 amide bonds. The monoisotopic (exact) mass is 295 g/mol. The van der Waals surface area contributed by atoms with E-state index >= 15 is 0 Å². The smallest absolute Gasteiger partial charge is 0.145 e. The minimum atomic E-state index is 0.391. The molecule has 0 radical (unpaired) electrons. The lowest BCUT2D eigenvalue weighted by Gasteiger charge is -2.12. The molecule has 100 valence electrons. The average molecular weight is 296 g/mol. The molecule has 2 aromatic rings. The zero-order valence-electron chi connectivity index (χ0n) is 11.1. The van der Waals surface area contributed by atoms with Crippen molar-refractivity contribution in [2.75, 3.05) is 14.1 Å². The highest BCUT2D eigenvalue weighted by atomic mass is 35.5. The molecule has 0 aliphatic heterocycles. The van der Waals surface area contributed by atoms with Crippen molar-refractivity contribution in [1.82, 2.24) is 14.9 Å². The summed E-state index contributed by atoms with van der Waals surface area (Å²) in [5, 5.41) is 0.782. The van der Waals surface area contributed by atoms with Crippen molar-refractivity contribution in [3.05, 3.63) is 46.0 Å². The van der Waals surface area contributed by atoms with Crippen LogP contribution in [0.2, 0.25) is 10.3 Å². The standard InChI is InChI=1S/C14H15Cl2N3/c1-9-5-4-6-10(7-9)12-13(15)17-11(8-19(2)3)18-14(12)16/h4-7H,8H2,1-3H3. The number of rotatable bonds is 3. The topological polar surface area (TPSA) is 29.0 Å². The fourth-order valence-electron chi connectivity index (χ4n) is 1.84. The summed E-state index contributed by atoms with van der Waals surface area (Å²) in [6.07, 6.45) is 0. The van der Waals surface area contributed by atoms with Crippen molar-refractivity contribution in [1.29, 1.82) is 0 Å². The van der Waals surface area contributed by atoms with Gasteiger partial charge in [-0.2, -0.15) is 0 Å². The van der Waals surface area contributed by atoms with Crippen molar-refractivity contribution in [3.8, 4) is 11.1 Å². The molecule has 1 aromatic carbocycles. The first-order chi connectivity index (χ1) is 8.97. The molecule has 0 bridgehead atoms. The molecule has 0 saturated heterocycles. The van der Waals surface area contributed by atoms with Gasteiger partial charge in [0.15, 0.2) is 0 Å². The fraction of sp³-hybridized carbons (Fsp3) is 0.286. The molecule has 0 aliphatic carbocycles. The molecule has 0 saturated carbocycles. The summed E-state index contributed by atoms with van der Waals surface area (Å²) in [4.78, 5) is 10.6. The Morgan fingerprint density at radius 1 is 1.11 bits per heavy atom. The van der Waals surface area contributed by atoms with Gasteiger partial charge < -0.3 is 4.90 Å². The lowest BCUT2D eigenvalue weighted by Crippen LogP contribution is -2.13. The second-order valence-electron chi connectivity index (χ2n) is 4.70. The quantitative estimate of drug-likeness (QED) is 0.806. The molecule has 0 N–H and O–H groups in total. The van der Waals surface area contributed by atoms with Crippen LogP contribution >= 0.6 is 23.2 Å². The molecular weight excluding hydrogens is 281 g/mol. The van der Waals surface area contributed by atoms with Crippen molar-refractivity contribution in [2.45, 2.75) is 13.5 Å². The maximum atomic E-state index is 6.25. The molecule has 0 fully saturated rings. The average Bonchev–Trinajstić information content (AvgIpc) is 2.26. The maximum Gasteiger partial charge on any atom is 0.145 e. The van der Waals surface area contributed by atoms with Crippen LogP contribution in [0.15, 0.2) is 24.3 Å². The van der Waals surface area contributed by atoms with E-state index < -0.39 is 0 Å². The van der Waals surface area contributed by atoms with E-state index in [1.807, 2.05) is 50.2 Å². The maximum absolute atomic E-state index is 6.25. The van der Waals surface area contributed by atoms with Crippen LogP contribution in [-0.2, 0) is 6.54 Å². The summed E-state index contributed by atoms with van der Waals surface area (Å²) in [6, 6.07) is 7.95. The third-order valence-electron chi connectivity index (χ3n) is 2.63. The first-order valence-electron chi connectivity index (χ1n) is 5.91. The minimum Gasteiger partial charge on any atom is -0.302 e. The van der Waals surface area contributed by atoms with Crippen LogP contribution in [0.3, 0.4) is 0 Å². The van der Waals surface area contributed by atoms with Gasteiger partial charge in [0.05, 0.1) is 12.1 Å². The van der Waals surface area contributed by atoms with Gasteiger partial charge >= 0.3 is 0 Å². The normalized spacial score (nSPS) is 11.1. The number of aryl methyl sites for hydroxylation is 1. The molecule has 0 aliphatic rings. The van der Waals surface area contributed by atoms with Gasteiger partial charge in [-0.05, 0) is 26.6 Å². The molecule has 19 heavy (non-hydrogen) atoms. The van der Waals surface area contributed by atoms with E-state index in [9.17, 15) is 0 Å². The largest absolute Gasteiger partial charge is 0.302 e. The van der Waals surface area contributed by atoms with Gasteiger partial charge in [0.2, 0.25) is 0 Å². The molecule has 5 heteroatoms. The molecule has 1 heterocycles. The number of aromatic nitrogens is 2. The molecule has 0 unspecified atom stereocenters. The summed E-state index contributed by atoms with van der Waals surface area (Å²) in [5.41, 5.74) is 2.77. The highest BCUT2D eigenvalue weighted by Gasteiger charge is 2.14. The molecule has 0 spiro atoms. The fourth-order valence-corrected chi connectivity index (χ4v) is 2.48. The Hall–Kier alpha value is -1.16. The summed E-state index contributed by atoms with van der Waals surface area (Å²) in [6.45, 7) is 2.63. The second-order valence-corrected chi connectivity index (χ2v) is 5.42. The van der Waals surface area contributed by atoms with Crippen LogP contribution in [0.4, 0.5) is 0 Å². The zero-order valence-corrected chi connectivity index (χ0v) is 12.6. The van der Waals surface area contributed by atoms with Gasteiger partial charge in [-0.3, -0.25) is 0 Å². The summed E-state index contributed by atoms with van der Waals surface area (Å²) in [5.74, 6) is 0.622. The Morgan fingerprint density at radius 2 is 1.74 bits per heavy atom. The van der Waals surface area contributed by atoms with Gasteiger partial charge in [-0.15, -0.1) is 0 Å². The summed E-state index contributed by atoms with van der Waals surface area (Å²) < 4.78 is 0. The van der Waals surface area contributed by atoms with Crippen LogP contribution in [0, 0.1) is 6.92 Å². The third kappa shape index (κ3) is 3.44. The van der Waals surface area contributed by atoms with Gasteiger partial charge in [0.1, 0.15) is 16.1 Å². The first-order valence-corrected chi connectivity index (χ1v) is 6.66. The van der Waals surface area contributed by atoms with E-state index in [1.165, 1.54) is 0 Å². The van der Waals surface area contributed by atoms with E-state index in [1.54, 1.807) is 0 Å². The Morgan fingerprint density at radius 3 is 2.26 bits per heavy atom. The van der Waals surface area contributed by atoms with Gasteiger partial charge in [0.25, 0.3) is 0 Å². The lowest BCUT2D eigenvalue weighted by molar-refractivity contribution is 0.390. The van der Waals surface area contributed by atoms with Crippen molar-refractivity contribution in [2.24, 2.45) is 0 Å². The number of hydrogen-bond acceptors (Lipinski definition) is 3.